The molecule has 0 unspecified atom stereocenters. The molecule has 1 aromatic heterocycles. The molecule has 0 radical (unpaired) electrons. The van der Waals surface area contributed by atoms with E-state index in [1.165, 1.54) is 11.1 Å². The fraction of sp³-hybridized carbons (Fsp3) is 0.250. The van der Waals surface area contributed by atoms with Gasteiger partial charge in [-0.3, -0.25) is 4.79 Å². The molecule has 3 rings (SSSR count). The minimum absolute atomic E-state index is 0.0165. The van der Waals surface area contributed by atoms with Crippen molar-refractivity contribution in [2.75, 3.05) is 12.0 Å². The highest BCUT2D eigenvalue weighted by atomic mass is 16.2. The monoisotopic (exact) mass is 282 g/mol. The summed E-state index contributed by atoms with van der Waals surface area (Å²) in [6, 6.07) is 11.8. The number of fused-ring (bicyclic) bond motifs is 1. The summed E-state index contributed by atoms with van der Waals surface area (Å²) in [4.78, 5) is 18.6. The molecule has 1 aliphatic rings. The highest BCUT2D eigenvalue weighted by Gasteiger charge is 2.20. The number of hydrogen-bond acceptors (Lipinski definition) is 4. The normalized spacial score (nSPS) is 14.2. The van der Waals surface area contributed by atoms with Gasteiger partial charge in [0.2, 0.25) is 0 Å². The average molecular weight is 282 g/mol. The van der Waals surface area contributed by atoms with Crippen LogP contribution in [0.1, 0.15) is 27.9 Å². The molecular weight excluding hydrogens is 264 g/mol. The van der Waals surface area contributed by atoms with Crippen LogP contribution in [0.15, 0.2) is 42.6 Å². The minimum Gasteiger partial charge on any atom is -0.334 e. The Hall–Kier alpha value is -2.40. The van der Waals surface area contributed by atoms with Crippen LogP contribution >= 0.6 is 0 Å². The molecule has 5 heteroatoms. The van der Waals surface area contributed by atoms with Gasteiger partial charge < -0.3 is 10.3 Å². The third kappa shape index (κ3) is 2.87. The number of nitrogens with two attached hydrogens (primary N) is 1. The van der Waals surface area contributed by atoms with Crippen LogP contribution < -0.4 is 11.3 Å². The maximum absolute atomic E-state index is 12.6. The van der Waals surface area contributed by atoms with Crippen LogP contribution in [-0.2, 0) is 13.0 Å². The van der Waals surface area contributed by atoms with Crippen LogP contribution in [0.25, 0.3) is 0 Å². The van der Waals surface area contributed by atoms with Crippen molar-refractivity contribution >= 4 is 11.7 Å². The van der Waals surface area contributed by atoms with Gasteiger partial charge in [0.25, 0.3) is 5.91 Å². The molecule has 2 heterocycles. The van der Waals surface area contributed by atoms with Crippen molar-refractivity contribution in [1.82, 2.24) is 9.88 Å². The smallest absolute Gasteiger partial charge is 0.255 e. The lowest BCUT2D eigenvalue weighted by Crippen LogP contribution is -2.30. The Labute approximate surface area is 123 Å². The Morgan fingerprint density at radius 3 is 2.71 bits per heavy atom. The summed E-state index contributed by atoms with van der Waals surface area (Å²) < 4.78 is 0. The molecule has 0 saturated carbocycles. The van der Waals surface area contributed by atoms with E-state index in [0.717, 1.165) is 19.4 Å². The molecule has 2 aromatic rings. The summed E-state index contributed by atoms with van der Waals surface area (Å²) in [5.74, 6) is 5.85. The zero-order chi connectivity index (χ0) is 14.7. The van der Waals surface area contributed by atoms with Gasteiger partial charge in [-0.25, -0.2) is 10.8 Å². The molecule has 0 atom stereocenters. The van der Waals surface area contributed by atoms with Gasteiger partial charge in [-0.15, -0.1) is 0 Å². The quantitative estimate of drug-likeness (QED) is 0.652. The predicted octanol–water partition coefficient (Wildman–Crippen LogP) is 1.96. The number of nitrogens with zero attached hydrogens (tertiary/aromatic N) is 2. The van der Waals surface area contributed by atoms with Crippen molar-refractivity contribution in [1.29, 1.82) is 0 Å². The first-order chi connectivity index (χ1) is 10.3. The van der Waals surface area contributed by atoms with Crippen molar-refractivity contribution in [3.8, 4) is 0 Å². The molecule has 0 bridgehead atoms. The summed E-state index contributed by atoms with van der Waals surface area (Å²) in [7, 11) is 0. The topological polar surface area (TPSA) is 71.2 Å². The number of carbonyl (C=O) groups excluding carboxylic acids is 1. The van der Waals surface area contributed by atoms with Gasteiger partial charge in [0.15, 0.2) is 0 Å². The van der Waals surface area contributed by atoms with Gasteiger partial charge >= 0.3 is 0 Å². The highest BCUT2D eigenvalue weighted by Crippen LogP contribution is 2.20. The SMILES string of the molecule is NNc1ccc(C(=O)N2CCCc3ccccc3C2)cn1. The summed E-state index contributed by atoms with van der Waals surface area (Å²) in [5.41, 5.74) is 5.62. The Bertz CT molecular complexity index is 639. The maximum Gasteiger partial charge on any atom is 0.255 e. The Balaban J connectivity index is 1.81. The largest absolute Gasteiger partial charge is 0.334 e. The molecule has 3 N–H and O–H groups in total. The number of nitrogen functional groups attached to an aromatic ring is 1. The first-order valence-electron chi connectivity index (χ1n) is 7.06. The van der Waals surface area contributed by atoms with Crippen LogP contribution in [-0.4, -0.2) is 22.3 Å². The molecule has 0 fully saturated rings. The van der Waals surface area contributed by atoms with Crippen LogP contribution in [0.2, 0.25) is 0 Å². The van der Waals surface area contributed by atoms with Gasteiger partial charge in [0, 0.05) is 19.3 Å². The number of aromatic nitrogens is 1. The average Bonchev–Trinajstić information content (AvgIpc) is 2.76. The van der Waals surface area contributed by atoms with Crippen molar-refractivity contribution in [3.05, 3.63) is 59.3 Å². The van der Waals surface area contributed by atoms with E-state index in [1.807, 2.05) is 11.0 Å². The number of aryl methyl sites for hydroxylation is 1. The van der Waals surface area contributed by atoms with Gasteiger partial charge in [0.05, 0.1) is 5.56 Å². The molecular formula is C16H18N4O. The number of hydrazine groups is 1. The molecule has 1 aromatic carbocycles. The first kappa shape index (κ1) is 13.6. The summed E-state index contributed by atoms with van der Waals surface area (Å²) in [6.45, 7) is 1.43. The Morgan fingerprint density at radius 2 is 2.00 bits per heavy atom. The molecule has 108 valence electrons. The van der Waals surface area contributed by atoms with Gasteiger partial charge in [-0.1, -0.05) is 24.3 Å². The van der Waals surface area contributed by atoms with E-state index in [1.54, 1.807) is 18.3 Å². The number of anilines is 1. The fourth-order valence-corrected chi connectivity index (χ4v) is 2.66. The lowest BCUT2D eigenvalue weighted by atomic mass is 10.0. The molecule has 0 aliphatic carbocycles. The third-order valence-corrected chi connectivity index (χ3v) is 3.80. The van der Waals surface area contributed by atoms with Crippen LogP contribution in [0.3, 0.4) is 0 Å². The second kappa shape index (κ2) is 5.93. The lowest BCUT2D eigenvalue weighted by molar-refractivity contribution is 0.0745. The molecule has 21 heavy (non-hydrogen) atoms. The van der Waals surface area contributed by atoms with Crippen molar-refractivity contribution < 1.29 is 4.79 Å². The van der Waals surface area contributed by atoms with Crippen LogP contribution in [0.5, 0.6) is 0 Å². The van der Waals surface area contributed by atoms with E-state index in [-0.39, 0.29) is 5.91 Å². The number of hydrogen-bond donors (Lipinski definition) is 2. The van der Waals surface area contributed by atoms with Crippen molar-refractivity contribution in [2.45, 2.75) is 19.4 Å². The van der Waals surface area contributed by atoms with E-state index in [9.17, 15) is 4.79 Å². The standard InChI is InChI=1S/C16H18N4O/c17-19-15-8-7-13(10-18-15)16(21)20-9-3-6-12-4-1-2-5-14(12)11-20/h1-2,4-5,7-8,10H,3,6,9,11,17H2,(H,18,19). The number of benzene rings is 1. The van der Waals surface area contributed by atoms with Gasteiger partial charge in [-0.05, 0) is 36.1 Å². The Morgan fingerprint density at radius 1 is 1.19 bits per heavy atom. The highest BCUT2D eigenvalue weighted by molar-refractivity contribution is 5.94. The molecule has 0 spiro atoms. The molecule has 0 saturated heterocycles. The van der Waals surface area contributed by atoms with Gasteiger partial charge in [0.1, 0.15) is 5.82 Å². The Kier molecular flexibility index (Phi) is 3.83. The fourth-order valence-electron chi connectivity index (χ4n) is 2.66. The second-order valence-corrected chi connectivity index (χ2v) is 5.18. The number of amides is 1. The number of carbonyl (C=O) groups is 1. The van der Waals surface area contributed by atoms with Crippen molar-refractivity contribution in [2.24, 2.45) is 5.84 Å². The van der Waals surface area contributed by atoms with Crippen LogP contribution in [0.4, 0.5) is 5.82 Å². The second-order valence-electron chi connectivity index (χ2n) is 5.18. The van der Waals surface area contributed by atoms with E-state index in [0.29, 0.717) is 17.9 Å². The first-order valence-corrected chi connectivity index (χ1v) is 7.06. The molecule has 1 aliphatic heterocycles. The molecule has 5 nitrogen and oxygen atoms in total. The summed E-state index contributed by atoms with van der Waals surface area (Å²) in [5, 5.41) is 0. The molecule has 1 amide bonds. The summed E-state index contributed by atoms with van der Waals surface area (Å²) in [6.07, 6.45) is 3.57. The maximum atomic E-state index is 12.6. The van der Waals surface area contributed by atoms with E-state index in [2.05, 4.69) is 28.6 Å². The predicted molar refractivity (Wildman–Crippen MR) is 81.6 cm³/mol. The van der Waals surface area contributed by atoms with Crippen LogP contribution in [0, 0.1) is 0 Å². The zero-order valence-corrected chi connectivity index (χ0v) is 11.7. The number of rotatable bonds is 2. The number of nitrogens with one attached hydrogen (secondary N) is 1. The summed E-state index contributed by atoms with van der Waals surface area (Å²) >= 11 is 0. The van der Waals surface area contributed by atoms with Crippen molar-refractivity contribution in [3.63, 3.8) is 0 Å². The number of pyridine rings is 1. The van der Waals surface area contributed by atoms with E-state index >= 15 is 0 Å². The lowest BCUT2D eigenvalue weighted by Gasteiger charge is -2.21. The minimum atomic E-state index is 0.0165. The van der Waals surface area contributed by atoms with E-state index < -0.39 is 0 Å². The third-order valence-electron chi connectivity index (χ3n) is 3.80. The van der Waals surface area contributed by atoms with Gasteiger partial charge in [-0.2, -0.15) is 0 Å². The zero-order valence-electron chi connectivity index (χ0n) is 11.7. The van der Waals surface area contributed by atoms with E-state index in [4.69, 9.17) is 5.84 Å².